The molecule has 1 aromatic heterocycles. The number of amides is 1. The highest BCUT2D eigenvalue weighted by Crippen LogP contribution is 2.31. The van der Waals surface area contributed by atoms with Crippen LogP contribution in [0.25, 0.3) is 10.2 Å². The van der Waals surface area contributed by atoms with E-state index in [4.69, 9.17) is 9.47 Å². The van der Waals surface area contributed by atoms with Crippen molar-refractivity contribution in [2.45, 2.75) is 26.3 Å². The zero-order valence-electron chi connectivity index (χ0n) is 16.1. The van der Waals surface area contributed by atoms with Crippen LogP contribution in [-0.2, 0) is 17.8 Å². The summed E-state index contributed by atoms with van der Waals surface area (Å²) >= 11 is 1.65. The van der Waals surface area contributed by atoms with Crippen LogP contribution in [0.2, 0.25) is 0 Å². The largest absolute Gasteiger partial charge is 0.493 e. The Morgan fingerprint density at radius 2 is 1.85 bits per heavy atom. The first-order valence-electron chi connectivity index (χ1n) is 8.81. The summed E-state index contributed by atoms with van der Waals surface area (Å²) in [7, 11) is 5.06. The summed E-state index contributed by atoms with van der Waals surface area (Å²) in [6.45, 7) is 2.54. The Kier molecular flexibility index (Phi) is 5.96. The fourth-order valence-corrected chi connectivity index (χ4v) is 3.94. The van der Waals surface area contributed by atoms with Gasteiger partial charge in [-0.2, -0.15) is 0 Å². The van der Waals surface area contributed by atoms with E-state index in [0.29, 0.717) is 30.9 Å². The molecule has 0 spiro atoms. The summed E-state index contributed by atoms with van der Waals surface area (Å²) in [6, 6.07) is 11.9. The third kappa shape index (κ3) is 4.39. The molecule has 1 heterocycles. The Labute approximate surface area is 163 Å². The van der Waals surface area contributed by atoms with Crippen molar-refractivity contribution in [3.8, 4) is 11.5 Å². The number of rotatable bonds is 7. The summed E-state index contributed by atoms with van der Waals surface area (Å²) in [5, 5.41) is 1.00. The molecule has 6 heteroatoms. The number of thiazole rings is 1. The number of nitrogens with zero attached hydrogens (tertiary/aromatic N) is 2. The Morgan fingerprint density at radius 1 is 1.15 bits per heavy atom. The lowest BCUT2D eigenvalue weighted by Crippen LogP contribution is -2.26. The lowest BCUT2D eigenvalue weighted by Gasteiger charge is -2.20. The van der Waals surface area contributed by atoms with Gasteiger partial charge in [-0.3, -0.25) is 4.79 Å². The van der Waals surface area contributed by atoms with Crippen LogP contribution >= 0.6 is 11.3 Å². The van der Waals surface area contributed by atoms with E-state index >= 15 is 0 Å². The minimum Gasteiger partial charge on any atom is -0.493 e. The number of fused-ring (bicyclic) bond motifs is 1. The van der Waals surface area contributed by atoms with Crippen molar-refractivity contribution in [1.29, 1.82) is 0 Å². The quantitative estimate of drug-likeness (QED) is 0.612. The van der Waals surface area contributed by atoms with Gasteiger partial charge in [-0.25, -0.2) is 4.98 Å². The Bertz CT molecular complexity index is 919. The molecular formula is C21H24N2O3S. The SMILES string of the molecule is COc1cc(C)c(CN(C)C(=O)CCc2nc3ccccc3s2)cc1OC. The van der Waals surface area contributed by atoms with Crippen molar-refractivity contribution in [2.75, 3.05) is 21.3 Å². The molecule has 0 fully saturated rings. The molecule has 27 heavy (non-hydrogen) atoms. The normalized spacial score (nSPS) is 10.8. The third-order valence-corrected chi connectivity index (χ3v) is 5.66. The van der Waals surface area contributed by atoms with Crippen LogP contribution in [0.3, 0.4) is 0 Å². The standard InChI is InChI=1S/C21H24N2O3S/c1-14-11-17(25-3)18(26-4)12-15(14)13-23(2)21(24)10-9-20-22-16-7-5-6-8-19(16)27-20/h5-8,11-12H,9-10,13H2,1-4H3. The van der Waals surface area contributed by atoms with E-state index in [1.165, 1.54) is 0 Å². The average molecular weight is 385 g/mol. The lowest BCUT2D eigenvalue weighted by atomic mass is 10.1. The summed E-state index contributed by atoms with van der Waals surface area (Å²) in [4.78, 5) is 18.9. The number of carbonyl (C=O) groups is 1. The second kappa shape index (κ2) is 8.39. The van der Waals surface area contributed by atoms with E-state index in [9.17, 15) is 4.79 Å². The molecule has 0 aliphatic carbocycles. The first-order valence-corrected chi connectivity index (χ1v) is 9.63. The smallest absolute Gasteiger partial charge is 0.223 e. The maximum Gasteiger partial charge on any atom is 0.223 e. The fourth-order valence-electron chi connectivity index (χ4n) is 2.97. The van der Waals surface area contributed by atoms with Gasteiger partial charge in [0.15, 0.2) is 11.5 Å². The monoisotopic (exact) mass is 384 g/mol. The van der Waals surface area contributed by atoms with E-state index in [1.807, 2.05) is 44.3 Å². The number of ether oxygens (including phenoxy) is 2. The molecule has 2 aromatic carbocycles. The molecule has 0 bridgehead atoms. The Morgan fingerprint density at radius 3 is 2.56 bits per heavy atom. The highest BCUT2D eigenvalue weighted by Gasteiger charge is 2.15. The van der Waals surface area contributed by atoms with Crippen molar-refractivity contribution in [3.63, 3.8) is 0 Å². The summed E-state index contributed by atoms with van der Waals surface area (Å²) in [5.74, 6) is 1.47. The van der Waals surface area contributed by atoms with E-state index < -0.39 is 0 Å². The van der Waals surface area contributed by atoms with Gasteiger partial charge in [-0.15, -0.1) is 11.3 Å². The molecule has 0 aliphatic heterocycles. The predicted molar refractivity (Wildman–Crippen MR) is 109 cm³/mol. The summed E-state index contributed by atoms with van der Waals surface area (Å²) < 4.78 is 11.9. The van der Waals surface area contributed by atoms with Gasteiger partial charge >= 0.3 is 0 Å². The van der Waals surface area contributed by atoms with Crippen molar-refractivity contribution in [2.24, 2.45) is 0 Å². The molecule has 0 unspecified atom stereocenters. The predicted octanol–water partition coefficient (Wildman–Crippen LogP) is 4.21. The van der Waals surface area contributed by atoms with Gasteiger partial charge in [-0.05, 0) is 42.3 Å². The van der Waals surface area contributed by atoms with Gasteiger partial charge in [0.25, 0.3) is 0 Å². The average Bonchev–Trinajstić information content (AvgIpc) is 3.10. The number of methoxy groups -OCH3 is 2. The maximum atomic E-state index is 12.6. The highest BCUT2D eigenvalue weighted by molar-refractivity contribution is 7.18. The van der Waals surface area contributed by atoms with Gasteiger partial charge in [0.2, 0.25) is 5.91 Å². The van der Waals surface area contributed by atoms with Crippen LogP contribution in [0.4, 0.5) is 0 Å². The number of para-hydroxylation sites is 1. The number of hydrogen-bond acceptors (Lipinski definition) is 5. The molecule has 0 saturated heterocycles. The van der Waals surface area contributed by atoms with Gasteiger partial charge < -0.3 is 14.4 Å². The number of hydrogen-bond donors (Lipinski definition) is 0. The van der Waals surface area contributed by atoms with Gasteiger partial charge in [0.05, 0.1) is 29.4 Å². The van der Waals surface area contributed by atoms with Crippen LogP contribution in [0.5, 0.6) is 11.5 Å². The van der Waals surface area contributed by atoms with Gasteiger partial charge in [0, 0.05) is 26.4 Å². The highest BCUT2D eigenvalue weighted by atomic mass is 32.1. The molecule has 0 atom stereocenters. The number of carbonyl (C=O) groups excluding carboxylic acids is 1. The fraction of sp³-hybridized carbons (Fsp3) is 0.333. The molecule has 3 aromatic rings. The lowest BCUT2D eigenvalue weighted by molar-refractivity contribution is -0.130. The number of benzene rings is 2. The van der Waals surface area contributed by atoms with E-state index in [-0.39, 0.29) is 5.91 Å². The molecular weight excluding hydrogens is 360 g/mol. The molecule has 1 amide bonds. The first-order chi connectivity index (χ1) is 13.0. The van der Waals surface area contributed by atoms with Crippen LogP contribution in [0, 0.1) is 6.92 Å². The second-order valence-corrected chi connectivity index (χ2v) is 7.57. The minimum atomic E-state index is 0.100. The summed E-state index contributed by atoms with van der Waals surface area (Å²) in [5.41, 5.74) is 3.11. The van der Waals surface area contributed by atoms with Gasteiger partial charge in [-0.1, -0.05) is 12.1 Å². The molecule has 0 aliphatic rings. The van der Waals surface area contributed by atoms with E-state index in [0.717, 1.165) is 26.4 Å². The zero-order valence-corrected chi connectivity index (χ0v) is 16.9. The molecule has 0 saturated carbocycles. The topological polar surface area (TPSA) is 51.7 Å². The maximum absolute atomic E-state index is 12.6. The summed E-state index contributed by atoms with van der Waals surface area (Å²) in [6.07, 6.45) is 1.11. The van der Waals surface area contributed by atoms with Crippen molar-refractivity contribution in [3.05, 3.63) is 52.5 Å². The van der Waals surface area contributed by atoms with Gasteiger partial charge in [0.1, 0.15) is 0 Å². The minimum absolute atomic E-state index is 0.100. The van der Waals surface area contributed by atoms with Crippen LogP contribution in [0.15, 0.2) is 36.4 Å². The van der Waals surface area contributed by atoms with Crippen LogP contribution in [-0.4, -0.2) is 37.1 Å². The molecule has 3 rings (SSSR count). The Balaban J connectivity index is 1.63. The second-order valence-electron chi connectivity index (χ2n) is 6.46. The number of aromatic nitrogens is 1. The molecule has 142 valence electrons. The van der Waals surface area contributed by atoms with E-state index in [2.05, 4.69) is 11.1 Å². The van der Waals surface area contributed by atoms with Crippen molar-refractivity contribution < 1.29 is 14.3 Å². The van der Waals surface area contributed by atoms with Crippen LogP contribution in [0.1, 0.15) is 22.6 Å². The van der Waals surface area contributed by atoms with Crippen LogP contribution < -0.4 is 9.47 Å². The molecule has 5 nitrogen and oxygen atoms in total. The Hall–Kier alpha value is -2.60. The first kappa shape index (κ1) is 19.2. The molecule has 0 radical (unpaired) electrons. The van der Waals surface area contributed by atoms with Crippen molar-refractivity contribution in [1.82, 2.24) is 9.88 Å². The zero-order chi connectivity index (χ0) is 19.4. The van der Waals surface area contributed by atoms with E-state index in [1.54, 1.807) is 30.5 Å². The molecule has 0 N–H and O–H groups in total. The number of aryl methyl sites for hydroxylation is 2. The third-order valence-electron chi connectivity index (χ3n) is 4.57. The van der Waals surface area contributed by atoms with Crippen molar-refractivity contribution >= 4 is 27.5 Å².